The minimum atomic E-state index is -0.574. The second-order valence-electron chi connectivity index (χ2n) is 5.89. The van der Waals surface area contributed by atoms with Crippen LogP contribution in [0.15, 0.2) is 12.2 Å². The maximum absolute atomic E-state index is 11.7. The molecule has 0 aliphatic carbocycles. The molecule has 0 aromatic carbocycles. The summed E-state index contributed by atoms with van der Waals surface area (Å²) in [6.45, 7) is 9.35. The van der Waals surface area contributed by atoms with Gasteiger partial charge < -0.3 is 15.6 Å². The van der Waals surface area contributed by atoms with Crippen molar-refractivity contribution in [3.63, 3.8) is 0 Å². The van der Waals surface area contributed by atoms with Crippen LogP contribution in [0.1, 0.15) is 41.0 Å². The van der Waals surface area contributed by atoms with Gasteiger partial charge in [-0.2, -0.15) is 4.79 Å². The first-order valence-electron chi connectivity index (χ1n) is 6.53. The topological polar surface area (TPSA) is 91.8 Å². The number of carbonyl (C=O) groups excluding carboxylic acids is 2. The molecule has 0 saturated carbocycles. The van der Waals surface area contributed by atoms with Gasteiger partial charge in [-0.25, -0.2) is 4.79 Å². The van der Waals surface area contributed by atoms with Gasteiger partial charge in [-0.05, 0) is 39.2 Å². The predicted molar refractivity (Wildman–Crippen MR) is 76.4 cm³/mol. The van der Waals surface area contributed by atoms with E-state index >= 15 is 0 Å². The lowest BCUT2D eigenvalue weighted by molar-refractivity contribution is -0.111. The molecule has 1 N–H and O–H groups in total. The molecule has 0 spiro atoms. The smallest absolute Gasteiger partial charge is 0.408 e. The number of ketones is 1. The maximum Gasteiger partial charge on any atom is 0.408 e. The first-order valence-corrected chi connectivity index (χ1v) is 6.53. The summed E-state index contributed by atoms with van der Waals surface area (Å²) in [6.07, 6.45) is 3.74. The number of allylic oxidation sites excluding steroid dienone is 1. The van der Waals surface area contributed by atoms with Crippen molar-refractivity contribution >= 4 is 18.1 Å². The van der Waals surface area contributed by atoms with E-state index in [1.165, 1.54) is 6.08 Å². The fourth-order valence-electron chi connectivity index (χ4n) is 1.46. The van der Waals surface area contributed by atoms with Crippen molar-refractivity contribution in [1.29, 1.82) is 0 Å². The van der Waals surface area contributed by atoms with E-state index in [1.54, 1.807) is 26.8 Å². The van der Waals surface area contributed by atoms with E-state index in [2.05, 4.69) is 10.1 Å². The average molecular weight is 281 g/mol. The summed E-state index contributed by atoms with van der Waals surface area (Å²) >= 11 is 0. The quantitative estimate of drug-likeness (QED) is 0.350. The van der Waals surface area contributed by atoms with Crippen LogP contribution >= 0.6 is 0 Å². The van der Waals surface area contributed by atoms with Crippen LogP contribution in [-0.4, -0.2) is 34.5 Å². The van der Waals surface area contributed by atoms with Gasteiger partial charge in [0.1, 0.15) is 5.60 Å². The van der Waals surface area contributed by atoms with Crippen LogP contribution in [0, 0.1) is 5.92 Å². The van der Waals surface area contributed by atoms with Gasteiger partial charge >= 0.3 is 12.3 Å². The van der Waals surface area contributed by atoms with Crippen LogP contribution in [0.5, 0.6) is 0 Å². The Kier molecular flexibility index (Phi) is 7.47. The zero-order valence-electron chi connectivity index (χ0n) is 12.7. The van der Waals surface area contributed by atoms with Gasteiger partial charge in [0.2, 0.25) is 0 Å². The van der Waals surface area contributed by atoms with Gasteiger partial charge in [0.25, 0.3) is 5.78 Å². The van der Waals surface area contributed by atoms with Crippen LogP contribution in [0.4, 0.5) is 4.79 Å². The molecule has 0 saturated heterocycles. The Morgan fingerprint density at radius 2 is 1.95 bits per heavy atom. The molecule has 0 heterocycles. The Labute approximate surface area is 119 Å². The molecule has 0 bridgehead atoms. The summed E-state index contributed by atoms with van der Waals surface area (Å²) in [5, 5.41) is 2.70. The standard InChI is InChI=1S/C14H23N3O3/c1-10(2)8-11(6-7-12(18)9-16-15)17-13(19)20-14(3,4)5/h6-7,9-11H,8H2,1-5H3,(H,17,19)/b7-6-. The molecule has 6 heteroatoms. The highest BCUT2D eigenvalue weighted by atomic mass is 16.6. The van der Waals surface area contributed by atoms with Gasteiger partial charge in [0.05, 0.1) is 6.04 Å². The van der Waals surface area contributed by atoms with E-state index in [0.717, 1.165) is 6.21 Å². The minimum absolute atomic E-state index is 0.319. The van der Waals surface area contributed by atoms with Gasteiger partial charge in [-0.3, -0.25) is 4.79 Å². The van der Waals surface area contributed by atoms with Crippen molar-refractivity contribution in [3.05, 3.63) is 17.7 Å². The van der Waals surface area contributed by atoms with Crippen LogP contribution in [0.2, 0.25) is 0 Å². The number of hydrogen-bond acceptors (Lipinski definition) is 3. The summed E-state index contributed by atoms with van der Waals surface area (Å²) in [6, 6.07) is -0.319. The second-order valence-corrected chi connectivity index (χ2v) is 5.89. The number of rotatable bonds is 6. The monoisotopic (exact) mass is 281 g/mol. The molecule has 0 aliphatic heterocycles. The molecular weight excluding hydrogens is 258 g/mol. The van der Waals surface area contributed by atoms with Crippen LogP contribution in [0.3, 0.4) is 0 Å². The third-order valence-electron chi connectivity index (χ3n) is 2.11. The third kappa shape index (κ3) is 10.0. The molecule has 112 valence electrons. The molecule has 0 aromatic heterocycles. The summed E-state index contributed by atoms with van der Waals surface area (Å²) in [5.74, 6) is -0.117. The molecule has 0 rings (SSSR count). The number of ether oxygens (including phenoxy) is 1. The maximum atomic E-state index is 11.7. The average Bonchev–Trinajstić information content (AvgIpc) is 2.22. The van der Waals surface area contributed by atoms with Crippen molar-refractivity contribution in [2.45, 2.75) is 52.7 Å². The molecule has 1 amide bonds. The Morgan fingerprint density at radius 3 is 2.40 bits per heavy atom. The number of nitrogens with one attached hydrogen (secondary N) is 1. The summed E-state index contributed by atoms with van der Waals surface area (Å²) in [4.78, 5) is 25.6. The third-order valence-corrected chi connectivity index (χ3v) is 2.11. The molecule has 1 atom stereocenters. The van der Waals surface area contributed by atoms with E-state index < -0.39 is 17.5 Å². The molecule has 0 fully saturated rings. The Hall–Kier alpha value is -1.94. The van der Waals surface area contributed by atoms with E-state index in [4.69, 9.17) is 10.3 Å². The highest BCUT2D eigenvalue weighted by Gasteiger charge is 2.19. The molecule has 20 heavy (non-hydrogen) atoms. The number of amides is 1. The van der Waals surface area contributed by atoms with Gasteiger partial charge in [0.15, 0.2) is 0 Å². The van der Waals surface area contributed by atoms with Crippen LogP contribution < -0.4 is 5.32 Å². The van der Waals surface area contributed by atoms with E-state index in [0.29, 0.717) is 12.3 Å². The lowest BCUT2D eigenvalue weighted by atomic mass is 10.0. The largest absolute Gasteiger partial charge is 0.444 e. The van der Waals surface area contributed by atoms with Crippen LogP contribution in [0.25, 0.3) is 5.53 Å². The molecular formula is C14H23N3O3. The molecule has 1 unspecified atom stereocenters. The zero-order valence-corrected chi connectivity index (χ0v) is 12.7. The molecule has 0 radical (unpaired) electrons. The molecule has 0 aromatic rings. The van der Waals surface area contributed by atoms with E-state index in [1.807, 2.05) is 13.8 Å². The number of hydrogen-bond donors (Lipinski definition) is 1. The number of carbonyl (C=O) groups is 2. The highest BCUT2D eigenvalue weighted by Crippen LogP contribution is 2.10. The number of nitrogens with zero attached hydrogens (tertiary/aromatic N) is 2. The Bertz CT molecular complexity index is 416. The normalized spacial score (nSPS) is 12.9. The van der Waals surface area contributed by atoms with Crippen LogP contribution in [-0.2, 0) is 9.53 Å². The van der Waals surface area contributed by atoms with E-state index in [9.17, 15) is 9.59 Å². The Morgan fingerprint density at radius 1 is 1.35 bits per heavy atom. The first kappa shape index (κ1) is 18.1. The summed E-state index contributed by atoms with van der Waals surface area (Å²) in [7, 11) is 0. The fourth-order valence-corrected chi connectivity index (χ4v) is 1.46. The first-order chi connectivity index (χ1) is 9.14. The Balaban J connectivity index is 4.68. The lowest BCUT2D eigenvalue weighted by Crippen LogP contribution is -2.38. The van der Waals surface area contributed by atoms with E-state index in [-0.39, 0.29) is 6.04 Å². The van der Waals surface area contributed by atoms with Gasteiger partial charge in [0, 0.05) is 0 Å². The highest BCUT2D eigenvalue weighted by molar-refractivity contribution is 6.30. The predicted octanol–water partition coefficient (Wildman–Crippen LogP) is 2.35. The van der Waals surface area contributed by atoms with Crippen molar-refractivity contribution in [1.82, 2.24) is 5.32 Å². The zero-order chi connectivity index (χ0) is 15.8. The van der Waals surface area contributed by atoms with Crippen molar-refractivity contribution in [3.8, 4) is 0 Å². The fraction of sp³-hybridized carbons (Fsp3) is 0.643. The minimum Gasteiger partial charge on any atom is -0.444 e. The van der Waals surface area contributed by atoms with Gasteiger partial charge in [-0.15, -0.1) is 0 Å². The summed E-state index contributed by atoms with van der Waals surface area (Å²) in [5.41, 5.74) is 7.67. The molecule has 6 nitrogen and oxygen atoms in total. The summed E-state index contributed by atoms with van der Waals surface area (Å²) < 4.78 is 5.17. The SMILES string of the molecule is CC(C)CC(/C=C\C(=O)C=[N+]=[N-])NC(=O)OC(C)(C)C. The van der Waals surface area contributed by atoms with Crippen molar-refractivity contribution in [2.24, 2.45) is 5.92 Å². The lowest BCUT2D eigenvalue weighted by Gasteiger charge is -2.23. The number of alkyl carbamates (subject to hydrolysis) is 1. The van der Waals surface area contributed by atoms with Gasteiger partial charge in [-0.1, -0.05) is 19.9 Å². The van der Waals surface area contributed by atoms with Crippen molar-refractivity contribution in [2.75, 3.05) is 0 Å². The molecule has 0 aliphatic rings. The van der Waals surface area contributed by atoms with Crippen molar-refractivity contribution < 1.29 is 19.1 Å². The second kappa shape index (κ2) is 8.27.